The van der Waals surface area contributed by atoms with Crippen molar-refractivity contribution in [3.63, 3.8) is 0 Å². The fraction of sp³-hybridized carbons (Fsp3) is 0.588. The van der Waals surface area contributed by atoms with E-state index in [2.05, 4.69) is 33.2 Å². The third kappa shape index (κ3) is 3.04. The predicted octanol–water partition coefficient (Wildman–Crippen LogP) is 2.75. The Morgan fingerprint density at radius 1 is 1.30 bits per heavy atom. The van der Waals surface area contributed by atoms with Crippen molar-refractivity contribution in [1.29, 1.82) is 0 Å². The number of carbonyl (C=O) groups is 1. The highest BCUT2D eigenvalue weighted by Gasteiger charge is 2.30. The Hall–Kier alpha value is -1.69. The maximum atomic E-state index is 12.2. The first kappa shape index (κ1) is 14.9. The van der Waals surface area contributed by atoms with E-state index in [4.69, 9.17) is 0 Å². The van der Waals surface area contributed by atoms with E-state index in [0.29, 0.717) is 6.04 Å². The van der Waals surface area contributed by atoms with Crippen molar-refractivity contribution >= 4 is 33.3 Å². The van der Waals surface area contributed by atoms with Gasteiger partial charge >= 0.3 is 0 Å². The zero-order valence-corrected chi connectivity index (χ0v) is 14.2. The first-order chi connectivity index (χ1) is 11.2. The molecular weight excluding hydrogens is 308 g/mol. The smallest absolute Gasteiger partial charge is 0.223 e. The molecule has 2 aromatic heterocycles. The molecule has 1 saturated carbocycles. The Labute approximate surface area is 140 Å². The van der Waals surface area contributed by atoms with Crippen LogP contribution in [-0.4, -0.2) is 35.0 Å². The first-order valence-electron chi connectivity index (χ1n) is 8.53. The second-order valence-electron chi connectivity index (χ2n) is 6.53. The van der Waals surface area contributed by atoms with E-state index in [0.717, 1.165) is 61.2 Å². The normalized spacial score (nSPS) is 19.3. The van der Waals surface area contributed by atoms with Crippen LogP contribution in [0.3, 0.4) is 0 Å². The zero-order valence-electron chi connectivity index (χ0n) is 13.4. The van der Waals surface area contributed by atoms with E-state index in [-0.39, 0.29) is 11.8 Å². The Bertz CT molecular complexity index is 716. The number of rotatable bonds is 4. The highest BCUT2D eigenvalue weighted by molar-refractivity contribution is 7.18. The summed E-state index contributed by atoms with van der Waals surface area (Å²) >= 11 is 1.75. The highest BCUT2D eigenvalue weighted by atomic mass is 32.1. The number of hydrogen-bond acceptors (Lipinski definition) is 5. The molecule has 2 fully saturated rings. The quantitative estimate of drug-likeness (QED) is 0.936. The molecule has 0 spiro atoms. The number of aromatic nitrogens is 2. The zero-order chi connectivity index (χ0) is 15.8. The van der Waals surface area contributed by atoms with Gasteiger partial charge in [-0.25, -0.2) is 9.97 Å². The molecule has 4 rings (SSSR count). The third-order valence-electron chi connectivity index (χ3n) is 4.80. The van der Waals surface area contributed by atoms with Gasteiger partial charge in [-0.05, 0) is 38.2 Å². The topological polar surface area (TPSA) is 58.1 Å². The minimum atomic E-state index is 0.165. The summed E-state index contributed by atoms with van der Waals surface area (Å²) in [5.41, 5.74) is 0. The number of amides is 1. The molecule has 0 unspecified atom stereocenters. The molecule has 0 aromatic carbocycles. The number of hydrogen-bond donors (Lipinski definition) is 1. The molecule has 3 heterocycles. The number of anilines is 1. The lowest BCUT2D eigenvalue weighted by Gasteiger charge is -2.32. The van der Waals surface area contributed by atoms with Gasteiger partial charge in [0.05, 0.1) is 5.39 Å². The van der Waals surface area contributed by atoms with Crippen molar-refractivity contribution < 1.29 is 4.79 Å². The van der Waals surface area contributed by atoms with Crippen LogP contribution in [0.15, 0.2) is 12.4 Å². The van der Waals surface area contributed by atoms with Crippen LogP contribution in [0.2, 0.25) is 0 Å². The van der Waals surface area contributed by atoms with E-state index in [1.807, 2.05) is 0 Å². The molecule has 1 aliphatic heterocycles. The minimum Gasteiger partial charge on any atom is -0.356 e. The van der Waals surface area contributed by atoms with Crippen molar-refractivity contribution in [2.24, 2.45) is 5.92 Å². The number of nitrogens with zero attached hydrogens (tertiary/aromatic N) is 3. The molecule has 2 aliphatic rings. The second kappa shape index (κ2) is 6.07. The number of aryl methyl sites for hydroxylation is 1. The monoisotopic (exact) mass is 330 g/mol. The fourth-order valence-corrected chi connectivity index (χ4v) is 4.15. The summed E-state index contributed by atoms with van der Waals surface area (Å²) in [5, 5.41) is 4.30. The average Bonchev–Trinajstić information content (AvgIpc) is 3.29. The molecular formula is C17H22N4OS. The molecule has 1 aliphatic carbocycles. The van der Waals surface area contributed by atoms with Gasteiger partial charge in [0.1, 0.15) is 17.0 Å². The van der Waals surface area contributed by atoms with Crippen molar-refractivity contribution in [3.05, 3.63) is 17.3 Å². The Morgan fingerprint density at radius 2 is 2.09 bits per heavy atom. The van der Waals surface area contributed by atoms with Crippen molar-refractivity contribution in [3.8, 4) is 0 Å². The van der Waals surface area contributed by atoms with Crippen LogP contribution >= 0.6 is 11.3 Å². The van der Waals surface area contributed by atoms with Crippen LogP contribution in [0.25, 0.3) is 10.2 Å². The van der Waals surface area contributed by atoms with Gasteiger partial charge in [-0.15, -0.1) is 11.3 Å². The summed E-state index contributed by atoms with van der Waals surface area (Å²) in [6.45, 7) is 3.96. The molecule has 1 saturated heterocycles. The van der Waals surface area contributed by atoms with Crippen LogP contribution in [0.1, 0.15) is 37.5 Å². The van der Waals surface area contributed by atoms with Gasteiger partial charge in [0.15, 0.2) is 0 Å². The molecule has 6 heteroatoms. The van der Waals surface area contributed by atoms with E-state index in [1.165, 1.54) is 4.88 Å². The molecule has 0 atom stereocenters. The first-order valence-corrected chi connectivity index (χ1v) is 9.35. The number of fused-ring (bicyclic) bond motifs is 1. The summed E-state index contributed by atoms with van der Waals surface area (Å²) in [7, 11) is 0. The average molecular weight is 330 g/mol. The molecule has 23 heavy (non-hydrogen) atoms. The van der Waals surface area contributed by atoms with Crippen molar-refractivity contribution in [1.82, 2.24) is 15.3 Å². The third-order valence-corrected chi connectivity index (χ3v) is 5.98. The van der Waals surface area contributed by atoms with E-state index in [9.17, 15) is 4.79 Å². The van der Waals surface area contributed by atoms with Crippen LogP contribution in [0, 0.1) is 5.92 Å². The number of piperidine rings is 1. The standard InChI is InChI=1S/C17H22N4OS/c1-2-13-9-14-15(18-10-19-17(14)23-13)21-7-5-11(6-8-21)16(22)20-12-3-4-12/h9-12H,2-8H2,1H3,(H,20,22). The van der Waals surface area contributed by atoms with Crippen LogP contribution in [-0.2, 0) is 11.2 Å². The summed E-state index contributed by atoms with van der Waals surface area (Å²) in [4.78, 5) is 25.9. The largest absolute Gasteiger partial charge is 0.356 e. The minimum absolute atomic E-state index is 0.165. The molecule has 1 amide bonds. The lowest BCUT2D eigenvalue weighted by atomic mass is 9.95. The number of thiophene rings is 1. The Morgan fingerprint density at radius 3 is 2.78 bits per heavy atom. The lowest BCUT2D eigenvalue weighted by Crippen LogP contribution is -2.41. The molecule has 2 aromatic rings. The number of nitrogens with one attached hydrogen (secondary N) is 1. The van der Waals surface area contributed by atoms with E-state index < -0.39 is 0 Å². The van der Waals surface area contributed by atoms with Gasteiger partial charge in [-0.3, -0.25) is 4.79 Å². The van der Waals surface area contributed by atoms with E-state index in [1.54, 1.807) is 17.7 Å². The van der Waals surface area contributed by atoms with Gasteiger partial charge in [0.2, 0.25) is 5.91 Å². The number of carbonyl (C=O) groups excluding carboxylic acids is 1. The van der Waals surface area contributed by atoms with Crippen LogP contribution < -0.4 is 10.2 Å². The van der Waals surface area contributed by atoms with Crippen molar-refractivity contribution in [2.75, 3.05) is 18.0 Å². The van der Waals surface area contributed by atoms with Crippen LogP contribution in [0.5, 0.6) is 0 Å². The lowest BCUT2D eigenvalue weighted by molar-refractivity contribution is -0.125. The van der Waals surface area contributed by atoms with Gasteiger partial charge in [0, 0.05) is 29.9 Å². The highest BCUT2D eigenvalue weighted by Crippen LogP contribution is 2.32. The van der Waals surface area contributed by atoms with Gasteiger partial charge in [-0.1, -0.05) is 6.92 Å². The summed E-state index contributed by atoms with van der Waals surface area (Å²) in [5.74, 6) is 1.45. The summed E-state index contributed by atoms with van der Waals surface area (Å²) < 4.78 is 0. The predicted molar refractivity (Wildman–Crippen MR) is 92.9 cm³/mol. The van der Waals surface area contributed by atoms with Gasteiger partial charge < -0.3 is 10.2 Å². The SMILES string of the molecule is CCc1cc2c(N3CCC(C(=O)NC4CC4)CC3)ncnc2s1. The molecule has 1 N–H and O–H groups in total. The summed E-state index contributed by atoms with van der Waals surface area (Å²) in [6.07, 6.45) is 6.83. The Kier molecular flexibility index (Phi) is 3.93. The summed E-state index contributed by atoms with van der Waals surface area (Å²) in [6, 6.07) is 2.68. The molecule has 5 nitrogen and oxygen atoms in total. The van der Waals surface area contributed by atoms with Gasteiger partial charge in [-0.2, -0.15) is 0 Å². The van der Waals surface area contributed by atoms with Gasteiger partial charge in [0.25, 0.3) is 0 Å². The Balaban J connectivity index is 1.47. The fourth-order valence-electron chi connectivity index (χ4n) is 3.22. The maximum absolute atomic E-state index is 12.2. The molecule has 0 radical (unpaired) electrons. The maximum Gasteiger partial charge on any atom is 0.223 e. The van der Waals surface area contributed by atoms with Crippen LogP contribution in [0.4, 0.5) is 5.82 Å². The molecule has 0 bridgehead atoms. The van der Waals surface area contributed by atoms with E-state index >= 15 is 0 Å². The second-order valence-corrected chi connectivity index (χ2v) is 7.64. The van der Waals surface area contributed by atoms with Crippen molar-refractivity contribution in [2.45, 2.75) is 45.1 Å². The molecule has 122 valence electrons.